The van der Waals surface area contributed by atoms with Crippen LogP contribution in [0, 0.1) is 0 Å². The van der Waals surface area contributed by atoms with Gasteiger partial charge in [-0.2, -0.15) is 5.10 Å². The number of methoxy groups -OCH3 is 1. The van der Waals surface area contributed by atoms with Crippen molar-refractivity contribution in [2.75, 3.05) is 7.11 Å². The zero-order valence-corrected chi connectivity index (χ0v) is 15.8. The summed E-state index contributed by atoms with van der Waals surface area (Å²) in [7, 11) is 1.64. The van der Waals surface area contributed by atoms with Crippen molar-refractivity contribution in [2.45, 2.75) is 0 Å². The minimum atomic E-state index is 0.626. The minimum absolute atomic E-state index is 0.626. The maximum atomic E-state index is 5.21. The smallest absolute Gasteiger partial charge is 0.182 e. The molecule has 0 aliphatic rings. The lowest BCUT2D eigenvalue weighted by molar-refractivity contribution is 0.415. The quantitative estimate of drug-likeness (QED) is 0.442. The Balaban J connectivity index is 1.67. The van der Waals surface area contributed by atoms with E-state index in [1.54, 1.807) is 28.8 Å². The number of hydrogen-bond donors (Lipinski definition) is 0. The molecule has 3 heterocycles. The minimum Gasteiger partial charge on any atom is -0.497 e. The first kappa shape index (κ1) is 16.0. The first-order valence-electron chi connectivity index (χ1n) is 8.23. The molecule has 132 valence electrons. The molecule has 0 saturated heterocycles. The van der Waals surface area contributed by atoms with Gasteiger partial charge in [0, 0.05) is 10.0 Å². The molecule has 0 aliphatic carbocycles. The molecule has 0 amide bonds. The summed E-state index contributed by atoms with van der Waals surface area (Å²) in [5, 5.41) is 9.89. The van der Waals surface area contributed by atoms with Crippen molar-refractivity contribution >= 4 is 32.6 Å². The predicted molar refractivity (Wildman–Crippen MR) is 105 cm³/mol. The topological polar surface area (TPSA) is 70.1 Å². The molecule has 7 nitrogen and oxygen atoms in total. The first-order valence-corrected chi connectivity index (χ1v) is 9.02. The second kappa shape index (κ2) is 6.17. The number of nitrogens with zero attached hydrogens (tertiary/aromatic N) is 6. The normalized spacial score (nSPS) is 11.3. The number of ether oxygens (including phenoxy) is 1. The third kappa shape index (κ3) is 2.57. The molecule has 0 spiro atoms. The molecule has 5 rings (SSSR count). The van der Waals surface area contributed by atoms with Gasteiger partial charge in [0.05, 0.1) is 24.4 Å². The Hall–Kier alpha value is -3.26. The number of rotatable bonds is 3. The molecular formula is C19H13BrN6O. The van der Waals surface area contributed by atoms with Crippen LogP contribution in [0.25, 0.3) is 33.8 Å². The molecule has 0 atom stereocenters. The van der Waals surface area contributed by atoms with Crippen LogP contribution in [0.1, 0.15) is 0 Å². The fraction of sp³-hybridized carbons (Fsp3) is 0.0526. The summed E-state index contributed by atoms with van der Waals surface area (Å²) in [6.45, 7) is 0. The van der Waals surface area contributed by atoms with E-state index in [2.05, 4.69) is 31.1 Å². The van der Waals surface area contributed by atoms with Gasteiger partial charge in [-0.3, -0.25) is 0 Å². The highest BCUT2D eigenvalue weighted by Gasteiger charge is 2.15. The van der Waals surface area contributed by atoms with E-state index < -0.39 is 0 Å². The Kier molecular flexibility index (Phi) is 3.64. The van der Waals surface area contributed by atoms with Gasteiger partial charge in [0.25, 0.3) is 0 Å². The third-order valence-electron chi connectivity index (χ3n) is 4.33. The van der Waals surface area contributed by atoms with Gasteiger partial charge in [-0.15, -0.1) is 5.10 Å². The maximum Gasteiger partial charge on any atom is 0.182 e. The summed E-state index contributed by atoms with van der Waals surface area (Å²) < 4.78 is 9.61. The number of benzene rings is 2. The highest BCUT2D eigenvalue weighted by Crippen LogP contribution is 2.26. The highest BCUT2D eigenvalue weighted by atomic mass is 79.9. The molecule has 0 aliphatic heterocycles. The molecule has 0 N–H and O–H groups in total. The van der Waals surface area contributed by atoms with E-state index in [9.17, 15) is 0 Å². The summed E-state index contributed by atoms with van der Waals surface area (Å²) in [5.74, 6) is 1.42. The molecule has 2 aromatic carbocycles. The summed E-state index contributed by atoms with van der Waals surface area (Å²) in [4.78, 5) is 9.24. The van der Waals surface area contributed by atoms with Crippen molar-refractivity contribution < 1.29 is 4.74 Å². The largest absolute Gasteiger partial charge is 0.497 e. The van der Waals surface area contributed by atoms with Gasteiger partial charge in [0.15, 0.2) is 17.1 Å². The number of para-hydroxylation sites is 1. The zero-order valence-electron chi connectivity index (χ0n) is 14.2. The van der Waals surface area contributed by atoms with E-state index in [0.29, 0.717) is 11.5 Å². The lowest BCUT2D eigenvalue weighted by atomic mass is 10.2. The molecule has 0 bridgehead atoms. The number of aromatic nitrogens is 6. The number of hydrogen-bond acceptors (Lipinski definition) is 5. The van der Waals surface area contributed by atoms with Crippen molar-refractivity contribution in [3.63, 3.8) is 0 Å². The summed E-state index contributed by atoms with van der Waals surface area (Å²) >= 11 is 3.57. The van der Waals surface area contributed by atoms with Crippen LogP contribution in [0.4, 0.5) is 0 Å². The van der Waals surface area contributed by atoms with Crippen molar-refractivity contribution in [3.05, 3.63) is 65.5 Å². The molecule has 0 radical (unpaired) electrons. The average Bonchev–Trinajstić information content (AvgIpc) is 3.32. The molecule has 8 heteroatoms. The monoisotopic (exact) mass is 420 g/mol. The highest BCUT2D eigenvalue weighted by molar-refractivity contribution is 9.10. The summed E-state index contributed by atoms with van der Waals surface area (Å²) in [5.41, 5.74) is 3.26. The van der Waals surface area contributed by atoms with Crippen molar-refractivity contribution in [2.24, 2.45) is 0 Å². The molecule has 3 aromatic heterocycles. The molecule has 5 aromatic rings. The first-order chi connectivity index (χ1) is 13.2. The Morgan fingerprint density at radius 2 is 1.81 bits per heavy atom. The van der Waals surface area contributed by atoms with E-state index in [4.69, 9.17) is 9.72 Å². The SMILES string of the molecule is COc1ccc(-c2nc3c4cnn(-c5ccccc5Br)c4ncn3n2)cc1. The van der Waals surface area contributed by atoms with Crippen LogP contribution in [0.2, 0.25) is 0 Å². The number of fused-ring (bicyclic) bond motifs is 3. The van der Waals surface area contributed by atoms with E-state index >= 15 is 0 Å². The van der Waals surface area contributed by atoms with Crippen LogP contribution >= 0.6 is 15.9 Å². The van der Waals surface area contributed by atoms with Gasteiger partial charge in [0.2, 0.25) is 0 Å². The predicted octanol–water partition coefficient (Wildman–Crippen LogP) is 3.90. The lowest BCUT2D eigenvalue weighted by Gasteiger charge is -2.04. The van der Waals surface area contributed by atoms with Gasteiger partial charge >= 0.3 is 0 Å². The second-order valence-electron chi connectivity index (χ2n) is 5.92. The molecular weight excluding hydrogens is 408 g/mol. The van der Waals surface area contributed by atoms with Crippen LogP contribution in [-0.2, 0) is 0 Å². The van der Waals surface area contributed by atoms with Gasteiger partial charge in [-0.05, 0) is 52.3 Å². The van der Waals surface area contributed by atoms with Crippen LogP contribution in [0.15, 0.2) is 65.5 Å². The van der Waals surface area contributed by atoms with Crippen LogP contribution in [-0.4, -0.2) is 36.5 Å². The molecule has 0 unspecified atom stereocenters. The Labute approximate surface area is 162 Å². The standard InChI is InChI=1S/C19H13BrN6O/c1-27-13-8-6-12(7-9-13)17-23-19-14-10-22-26(16-5-3-2-4-15(16)20)18(14)21-11-25(19)24-17/h2-11H,1H3. The van der Waals surface area contributed by atoms with Crippen LogP contribution < -0.4 is 4.74 Å². The van der Waals surface area contributed by atoms with Crippen molar-refractivity contribution in [3.8, 4) is 22.8 Å². The molecule has 27 heavy (non-hydrogen) atoms. The van der Waals surface area contributed by atoms with E-state index in [1.165, 1.54) is 0 Å². The number of halogens is 1. The van der Waals surface area contributed by atoms with E-state index in [0.717, 1.165) is 32.5 Å². The Morgan fingerprint density at radius 1 is 1.00 bits per heavy atom. The molecule has 0 saturated carbocycles. The third-order valence-corrected chi connectivity index (χ3v) is 5.00. The average molecular weight is 421 g/mol. The van der Waals surface area contributed by atoms with E-state index in [-0.39, 0.29) is 0 Å². The zero-order chi connectivity index (χ0) is 18.4. The van der Waals surface area contributed by atoms with Crippen LogP contribution in [0.5, 0.6) is 5.75 Å². The van der Waals surface area contributed by atoms with Crippen LogP contribution in [0.3, 0.4) is 0 Å². The van der Waals surface area contributed by atoms with Gasteiger partial charge < -0.3 is 4.74 Å². The summed E-state index contributed by atoms with van der Waals surface area (Å²) in [6.07, 6.45) is 3.43. The van der Waals surface area contributed by atoms with Gasteiger partial charge in [0.1, 0.15) is 12.1 Å². The van der Waals surface area contributed by atoms with Gasteiger partial charge in [-0.1, -0.05) is 12.1 Å². The lowest BCUT2D eigenvalue weighted by Crippen LogP contribution is -1.99. The fourth-order valence-electron chi connectivity index (χ4n) is 2.98. The van der Waals surface area contributed by atoms with Crippen molar-refractivity contribution in [1.29, 1.82) is 0 Å². The Morgan fingerprint density at radius 3 is 2.59 bits per heavy atom. The molecule has 0 fully saturated rings. The Bertz CT molecular complexity index is 1270. The fourth-order valence-corrected chi connectivity index (χ4v) is 3.44. The van der Waals surface area contributed by atoms with E-state index in [1.807, 2.05) is 48.5 Å². The summed E-state index contributed by atoms with van der Waals surface area (Å²) in [6, 6.07) is 15.5. The van der Waals surface area contributed by atoms with Crippen molar-refractivity contribution in [1.82, 2.24) is 29.4 Å². The van der Waals surface area contributed by atoms with Gasteiger partial charge in [-0.25, -0.2) is 19.2 Å². The maximum absolute atomic E-state index is 5.21. The second-order valence-corrected chi connectivity index (χ2v) is 6.78.